The predicted molar refractivity (Wildman–Crippen MR) is 80.9 cm³/mol. The Hall–Kier alpha value is -1.49. The lowest BCUT2D eigenvalue weighted by atomic mass is 9.88. The number of carbonyl (C=O) groups is 2. The molecule has 0 aromatic heterocycles. The van der Waals surface area contributed by atoms with Gasteiger partial charge in [0.15, 0.2) is 0 Å². The monoisotopic (exact) mass is 295 g/mol. The van der Waals surface area contributed by atoms with E-state index in [1.54, 1.807) is 13.8 Å². The van der Waals surface area contributed by atoms with E-state index in [1.165, 1.54) is 17.3 Å². The zero-order chi connectivity index (χ0) is 15.2. The van der Waals surface area contributed by atoms with Crippen molar-refractivity contribution in [1.82, 2.24) is 5.32 Å². The average molecular weight is 295 g/mol. The lowest BCUT2D eigenvalue weighted by Gasteiger charge is -2.23. The summed E-state index contributed by atoms with van der Waals surface area (Å²) < 4.78 is 0. The van der Waals surface area contributed by atoms with Crippen molar-refractivity contribution in [2.45, 2.75) is 32.1 Å². The molecule has 0 radical (unpaired) electrons. The van der Waals surface area contributed by atoms with Gasteiger partial charge in [-0.3, -0.25) is 9.59 Å². The summed E-state index contributed by atoms with van der Waals surface area (Å²) in [5, 5.41) is 11.8. The highest BCUT2D eigenvalue weighted by molar-refractivity contribution is 8.00. The van der Waals surface area contributed by atoms with Crippen molar-refractivity contribution in [3.8, 4) is 0 Å². The number of hydrogen-bond donors (Lipinski definition) is 2. The number of nitrogens with one attached hydrogen (secondary N) is 1. The van der Waals surface area contributed by atoms with Crippen molar-refractivity contribution >= 4 is 23.6 Å². The fourth-order valence-corrected chi connectivity index (χ4v) is 2.21. The summed E-state index contributed by atoms with van der Waals surface area (Å²) in [6, 6.07) is 7.94. The average Bonchev–Trinajstić information content (AvgIpc) is 2.43. The van der Waals surface area contributed by atoms with Gasteiger partial charge in [-0.25, -0.2) is 0 Å². The van der Waals surface area contributed by atoms with Crippen LogP contribution in [0.2, 0.25) is 0 Å². The zero-order valence-electron chi connectivity index (χ0n) is 12.1. The largest absolute Gasteiger partial charge is 0.481 e. The van der Waals surface area contributed by atoms with Gasteiger partial charge in [-0.05, 0) is 32.4 Å². The van der Waals surface area contributed by atoms with Crippen LogP contribution in [0.4, 0.5) is 0 Å². The van der Waals surface area contributed by atoms with Crippen LogP contribution in [0.15, 0.2) is 29.2 Å². The maximum atomic E-state index is 11.7. The van der Waals surface area contributed by atoms with Crippen molar-refractivity contribution in [2.24, 2.45) is 5.41 Å². The van der Waals surface area contributed by atoms with Crippen LogP contribution >= 0.6 is 11.8 Å². The zero-order valence-corrected chi connectivity index (χ0v) is 12.9. The molecule has 0 saturated carbocycles. The van der Waals surface area contributed by atoms with Crippen molar-refractivity contribution in [1.29, 1.82) is 0 Å². The Kier molecular flexibility index (Phi) is 6.07. The molecule has 1 unspecified atom stereocenters. The second-order valence-electron chi connectivity index (χ2n) is 5.10. The summed E-state index contributed by atoms with van der Waals surface area (Å²) in [5.74, 6) is -0.731. The number of carboxylic acids is 1. The molecule has 20 heavy (non-hydrogen) atoms. The van der Waals surface area contributed by atoms with Crippen molar-refractivity contribution < 1.29 is 14.7 Å². The first kappa shape index (κ1) is 16.6. The van der Waals surface area contributed by atoms with Crippen LogP contribution in [-0.4, -0.2) is 29.3 Å². The lowest BCUT2D eigenvalue weighted by molar-refractivity contribution is -0.148. The topological polar surface area (TPSA) is 66.4 Å². The fraction of sp³-hybridized carbons (Fsp3) is 0.467. The second kappa shape index (κ2) is 7.33. The molecule has 1 amide bonds. The Morgan fingerprint density at radius 1 is 1.30 bits per heavy atom. The molecular formula is C15H21NO3S. The highest BCUT2D eigenvalue weighted by Gasteiger charge is 2.31. The third kappa shape index (κ3) is 4.89. The van der Waals surface area contributed by atoms with Gasteiger partial charge >= 0.3 is 5.97 Å². The third-order valence-corrected chi connectivity index (χ3v) is 4.38. The number of aliphatic carboxylic acids is 1. The van der Waals surface area contributed by atoms with E-state index in [1.807, 2.05) is 31.2 Å². The number of carbonyl (C=O) groups excluding carboxylic acids is 1. The summed E-state index contributed by atoms with van der Waals surface area (Å²) in [6.07, 6.45) is 0.480. The van der Waals surface area contributed by atoms with Gasteiger partial charge in [0.1, 0.15) is 0 Å². The molecule has 5 heteroatoms. The predicted octanol–water partition coefficient (Wildman–Crippen LogP) is 2.70. The molecular weight excluding hydrogens is 274 g/mol. The molecule has 0 fully saturated rings. The molecule has 110 valence electrons. The van der Waals surface area contributed by atoms with Crippen LogP contribution in [0.5, 0.6) is 0 Å². The number of rotatable bonds is 7. The highest BCUT2D eigenvalue weighted by atomic mass is 32.2. The van der Waals surface area contributed by atoms with E-state index in [-0.39, 0.29) is 12.5 Å². The van der Waals surface area contributed by atoms with Gasteiger partial charge in [-0.1, -0.05) is 24.6 Å². The summed E-state index contributed by atoms with van der Waals surface area (Å²) in [6.45, 7) is 5.62. The van der Waals surface area contributed by atoms with E-state index in [9.17, 15) is 9.59 Å². The minimum atomic E-state index is -0.899. The first-order valence-corrected chi connectivity index (χ1v) is 7.55. The number of hydrogen-bond acceptors (Lipinski definition) is 3. The molecule has 4 nitrogen and oxygen atoms in total. The molecule has 0 heterocycles. The van der Waals surface area contributed by atoms with E-state index in [4.69, 9.17) is 5.11 Å². The molecule has 1 aromatic carbocycles. The van der Waals surface area contributed by atoms with Crippen LogP contribution in [0.3, 0.4) is 0 Å². The van der Waals surface area contributed by atoms with E-state index < -0.39 is 11.4 Å². The molecule has 1 aromatic rings. The van der Waals surface area contributed by atoms with Crippen LogP contribution in [-0.2, 0) is 9.59 Å². The SMILES string of the molecule is CCC(C)(CNC(=O)CSc1ccc(C)cc1)C(=O)O. The minimum absolute atomic E-state index is 0.142. The molecule has 1 atom stereocenters. The first-order valence-electron chi connectivity index (χ1n) is 6.57. The van der Waals surface area contributed by atoms with Gasteiger partial charge in [0.05, 0.1) is 11.2 Å². The van der Waals surface area contributed by atoms with E-state index >= 15 is 0 Å². The third-order valence-electron chi connectivity index (χ3n) is 3.36. The summed E-state index contributed by atoms with van der Waals surface area (Å²) in [7, 11) is 0. The van der Waals surface area contributed by atoms with Crippen LogP contribution < -0.4 is 5.32 Å². The number of thioether (sulfide) groups is 1. The number of carboxylic acid groups (broad SMARTS) is 1. The lowest BCUT2D eigenvalue weighted by Crippen LogP contribution is -2.41. The van der Waals surface area contributed by atoms with Gasteiger partial charge in [-0.2, -0.15) is 0 Å². The molecule has 1 rings (SSSR count). The number of amides is 1. The summed E-state index contributed by atoms with van der Waals surface area (Å²) in [5.41, 5.74) is 0.281. The van der Waals surface area contributed by atoms with Crippen molar-refractivity contribution in [3.63, 3.8) is 0 Å². The van der Waals surface area contributed by atoms with Gasteiger partial charge in [-0.15, -0.1) is 11.8 Å². The second-order valence-corrected chi connectivity index (χ2v) is 6.15. The molecule has 0 bridgehead atoms. The van der Waals surface area contributed by atoms with Crippen LogP contribution in [0.25, 0.3) is 0 Å². The normalized spacial score (nSPS) is 13.6. The van der Waals surface area contributed by atoms with Gasteiger partial charge in [0.25, 0.3) is 0 Å². The number of benzene rings is 1. The molecule has 0 aliphatic rings. The highest BCUT2D eigenvalue weighted by Crippen LogP contribution is 2.21. The smallest absolute Gasteiger partial charge is 0.311 e. The fourth-order valence-electron chi connectivity index (χ4n) is 1.48. The van der Waals surface area contributed by atoms with Gasteiger partial charge < -0.3 is 10.4 Å². The van der Waals surface area contributed by atoms with Crippen LogP contribution in [0.1, 0.15) is 25.8 Å². The van der Waals surface area contributed by atoms with E-state index in [2.05, 4.69) is 5.32 Å². The summed E-state index contributed by atoms with van der Waals surface area (Å²) in [4.78, 5) is 23.9. The Morgan fingerprint density at radius 3 is 2.40 bits per heavy atom. The van der Waals surface area contributed by atoms with Crippen molar-refractivity contribution in [3.05, 3.63) is 29.8 Å². The molecule has 0 aliphatic heterocycles. The van der Waals surface area contributed by atoms with E-state index in [0.29, 0.717) is 12.2 Å². The molecule has 0 aliphatic carbocycles. The van der Waals surface area contributed by atoms with Gasteiger partial charge in [0, 0.05) is 11.4 Å². The molecule has 0 saturated heterocycles. The Labute approximate surface area is 124 Å². The number of aryl methyl sites for hydroxylation is 1. The molecule has 0 spiro atoms. The maximum Gasteiger partial charge on any atom is 0.311 e. The Bertz CT molecular complexity index is 473. The van der Waals surface area contributed by atoms with E-state index in [0.717, 1.165) is 4.90 Å². The minimum Gasteiger partial charge on any atom is -0.481 e. The van der Waals surface area contributed by atoms with Gasteiger partial charge in [0.2, 0.25) is 5.91 Å². The Morgan fingerprint density at radius 2 is 1.90 bits per heavy atom. The van der Waals surface area contributed by atoms with Crippen LogP contribution in [0, 0.1) is 12.3 Å². The first-order chi connectivity index (χ1) is 9.37. The summed E-state index contributed by atoms with van der Waals surface area (Å²) >= 11 is 1.44. The molecule has 2 N–H and O–H groups in total. The quantitative estimate of drug-likeness (QED) is 0.759. The van der Waals surface area contributed by atoms with Crippen molar-refractivity contribution in [2.75, 3.05) is 12.3 Å². The standard InChI is InChI=1S/C15H21NO3S/c1-4-15(3,14(18)19)10-16-13(17)9-20-12-7-5-11(2)6-8-12/h5-8H,4,9-10H2,1-3H3,(H,16,17)(H,18,19). The Balaban J connectivity index is 2.41. The maximum absolute atomic E-state index is 11.7.